The standard InChI is InChI=1S/C15H24N2O2S2/c1-4-13(5-2)17(3)9-10-21(18,19)14-8-6-7-12(11-14)15(16)20/h6-8,11,13H,4-5,9-10H2,1-3H3,(H2,16,20). The number of hydrogen-bond donors (Lipinski definition) is 1. The van der Waals surface area contributed by atoms with E-state index in [9.17, 15) is 8.42 Å². The molecule has 2 N–H and O–H groups in total. The lowest BCUT2D eigenvalue weighted by Gasteiger charge is -2.25. The van der Waals surface area contributed by atoms with Crippen molar-refractivity contribution in [2.45, 2.75) is 37.6 Å². The maximum atomic E-state index is 12.4. The fourth-order valence-corrected chi connectivity index (χ4v) is 3.80. The van der Waals surface area contributed by atoms with E-state index in [1.807, 2.05) is 7.05 Å². The highest BCUT2D eigenvalue weighted by molar-refractivity contribution is 7.91. The molecule has 0 heterocycles. The van der Waals surface area contributed by atoms with Gasteiger partial charge in [-0.05, 0) is 32.0 Å². The van der Waals surface area contributed by atoms with Crippen LogP contribution >= 0.6 is 12.2 Å². The van der Waals surface area contributed by atoms with Crippen molar-refractivity contribution < 1.29 is 8.42 Å². The summed E-state index contributed by atoms with van der Waals surface area (Å²) in [6.07, 6.45) is 2.04. The van der Waals surface area contributed by atoms with Gasteiger partial charge in [-0.1, -0.05) is 38.2 Å². The van der Waals surface area contributed by atoms with Gasteiger partial charge in [0.25, 0.3) is 0 Å². The molecule has 1 aromatic rings. The molecular weight excluding hydrogens is 304 g/mol. The molecule has 0 atom stereocenters. The lowest BCUT2D eigenvalue weighted by molar-refractivity contribution is 0.242. The number of sulfone groups is 1. The molecule has 1 rings (SSSR count). The van der Waals surface area contributed by atoms with Gasteiger partial charge in [-0.2, -0.15) is 0 Å². The van der Waals surface area contributed by atoms with E-state index in [1.54, 1.807) is 24.3 Å². The minimum absolute atomic E-state index is 0.0980. The third kappa shape index (κ3) is 5.05. The van der Waals surface area contributed by atoms with Crippen molar-refractivity contribution in [2.24, 2.45) is 5.73 Å². The Labute approximate surface area is 133 Å². The van der Waals surface area contributed by atoms with Crippen LogP contribution in [-0.2, 0) is 9.84 Å². The minimum atomic E-state index is -3.32. The van der Waals surface area contributed by atoms with Crippen LogP contribution in [0.2, 0.25) is 0 Å². The number of thiocarbonyl (C=S) groups is 1. The van der Waals surface area contributed by atoms with Gasteiger partial charge in [-0.25, -0.2) is 8.42 Å². The molecule has 0 aromatic heterocycles. The van der Waals surface area contributed by atoms with E-state index >= 15 is 0 Å². The number of hydrogen-bond acceptors (Lipinski definition) is 4. The van der Waals surface area contributed by atoms with Crippen LogP contribution in [0.5, 0.6) is 0 Å². The smallest absolute Gasteiger partial charge is 0.179 e. The predicted molar refractivity (Wildman–Crippen MR) is 91.4 cm³/mol. The number of nitrogens with two attached hydrogens (primary N) is 1. The Hall–Kier alpha value is -0.980. The monoisotopic (exact) mass is 328 g/mol. The highest BCUT2D eigenvalue weighted by Gasteiger charge is 2.18. The summed E-state index contributed by atoms with van der Waals surface area (Å²) in [6.45, 7) is 4.75. The Morgan fingerprint density at radius 3 is 2.48 bits per heavy atom. The molecule has 0 amide bonds. The average molecular weight is 329 g/mol. The lowest BCUT2D eigenvalue weighted by Crippen LogP contribution is -2.34. The van der Waals surface area contributed by atoms with Gasteiger partial charge < -0.3 is 10.6 Å². The van der Waals surface area contributed by atoms with E-state index in [2.05, 4.69) is 18.7 Å². The highest BCUT2D eigenvalue weighted by Crippen LogP contribution is 2.14. The molecule has 0 radical (unpaired) electrons. The van der Waals surface area contributed by atoms with Crippen LogP contribution < -0.4 is 5.73 Å². The topological polar surface area (TPSA) is 63.4 Å². The van der Waals surface area contributed by atoms with Gasteiger partial charge in [0.2, 0.25) is 0 Å². The Balaban J connectivity index is 2.82. The zero-order valence-corrected chi connectivity index (χ0v) is 14.5. The molecule has 0 unspecified atom stereocenters. The lowest BCUT2D eigenvalue weighted by atomic mass is 10.1. The van der Waals surface area contributed by atoms with E-state index in [-0.39, 0.29) is 15.6 Å². The average Bonchev–Trinajstić information content (AvgIpc) is 2.46. The zero-order valence-electron chi connectivity index (χ0n) is 12.9. The van der Waals surface area contributed by atoms with Crippen LogP contribution in [0.1, 0.15) is 32.3 Å². The van der Waals surface area contributed by atoms with Crippen molar-refractivity contribution in [3.63, 3.8) is 0 Å². The molecule has 4 nitrogen and oxygen atoms in total. The highest BCUT2D eigenvalue weighted by atomic mass is 32.2. The molecule has 0 fully saturated rings. The largest absolute Gasteiger partial charge is 0.389 e. The summed E-state index contributed by atoms with van der Waals surface area (Å²) in [5, 5.41) is 0. The first-order chi connectivity index (χ1) is 9.81. The Morgan fingerprint density at radius 2 is 1.95 bits per heavy atom. The second-order valence-corrected chi connectivity index (χ2v) is 7.71. The normalized spacial score (nSPS) is 12.0. The van der Waals surface area contributed by atoms with Gasteiger partial charge in [0, 0.05) is 18.2 Å². The van der Waals surface area contributed by atoms with Gasteiger partial charge >= 0.3 is 0 Å². The van der Waals surface area contributed by atoms with Crippen LogP contribution in [-0.4, -0.2) is 43.7 Å². The predicted octanol–water partition coefficient (Wildman–Crippen LogP) is 2.21. The minimum Gasteiger partial charge on any atom is -0.389 e. The van der Waals surface area contributed by atoms with E-state index in [1.165, 1.54) is 0 Å². The van der Waals surface area contributed by atoms with E-state index in [0.717, 1.165) is 12.8 Å². The second kappa shape index (κ2) is 7.87. The summed E-state index contributed by atoms with van der Waals surface area (Å²) < 4.78 is 24.8. The summed E-state index contributed by atoms with van der Waals surface area (Å²) in [7, 11) is -1.35. The molecule has 0 saturated carbocycles. The molecule has 6 heteroatoms. The Kier molecular flexibility index (Phi) is 6.77. The first kappa shape index (κ1) is 18.1. The van der Waals surface area contributed by atoms with Crippen molar-refractivity contribution in [1.82, 2.24) is 4.90 Å². The third-order valence-corrected chi connectivity index (χ3v) is 5.68. The quantitative estimate of drug-likeness (QED) is 0.741. The van der Waals surface area contributed by atoms with Crippen LogP contribution in [0.25, 0.3) is 0 Å². The van der Waals surface area contributed by atoms with Crippen molar-refractivity contribution in [1.29, 1.82) is 0 Å². The van der Waals surface area contributed by atoms with Crippen molar-refractivity contribution >= 4 is 27.0 Å². The SMILES string of the molecule is CCC(CC)N(C)CCS(=O)(=O)c1cccc(C(N)=S)c1. The van der Waals surface area contributed by atoms with E-state index in [0.29, 0.717) is 18.2 Å². The van der Waals surface area contributed by atoms with Gasteiger partial charge in [0.05, 0.1) is 10.6 Å². The maximum absolute atomic E-state index is 12.4. The number of nitrogens with zero attached hydrogens (tertiary/aromatic N) is 1. The van der Waals surface area contributed by atoms with Crippen molar-refractivity contribution in [3.8, 4) is 0 Å². The van der Waals surface area contributed by atoms with Crippen LogP contribution in [0.15, 0.2) is 29.2 Å². The molecule has 0 spiro atoms. The summed E-state index contributed by atoms with van der Waals surface area (Å²) in [6, 6.07) is 6.95. The molecule has 0 aliphatic carbocycles. The molecule has 118 valence electrons. The first-order valence-electron chi connectivity index (χ1n) is 7.14. The maximum Gasteiger partial charge on any atom is 0.179 e. The summed E-state index contributed by atoms with van der Waals surface area (Å²) >= 11 is 4.89. The molecule has 0 saturated heterocycles. The molecule has 21 heavy (non-hydrogen) atoms. The fourth-order valence-electron chi connectivity index (χ4n) is 2.32. The van der Waals surface area contributed by atoms with Gasteiger partial charge in [0.15, 0.2) is 9.84 Å². The molecule has 0 bridgehead atoms. The first-order valence-corrected chi connectivity index (χ1v) is 9.20. The summed E-state index contributed by atoms with van der Waals surface area (Å²) in [5.74, 6) is 0.0980. The molecule has 1 aromatic carbocycles. The summed E-state index contributed by atoms with van der Waals surface area (Å²) in [4.78, 5) is 2.60. The third-order valence-electron chi connectivity index (χ3n) is 3.76. The number of rotatable bonds is 8. The molecule has 0 aliphatic heterocycles. The fraction of sp³-hybridized carbons (Fsp3) is 0.533. The van der Waals surface area contributed by atoms with Crippen LogP contribution in [0, 0.1) is 0 Å². The van der Waals surface area contributed by atoms with E-state index < -0.39 is 9.84 Å². The van der Waals surface area contributed by atoms with Crippen molar-refractivity contribution in [3.05, 3.63) is 29.8 Å². The number of benzene rings is 1. The van der Waals surface area contributed by atoms with Gasteiger partial charge in [0.1, 0.15) is 4.99 Å². The van der Waals surface area contributed by atoms with Crippen LogP contribution in [0.4, 0.5) is 0 Å². The van der Waals surface area contributed by atoms with E-state index in [4.69, 9.17) is 18.0 Å². The Morgan fingerprint density at radius 1 is 1.33 bits per heavy atom. The van der Waals surface area contributed by atoms with Crippen molar-refractivity contribution in [2.75, 3.05) is 19.3 Å². The van der Waals surface area contributed by atoms with Crippen LogP contribution in [0.3, 0.4) is 0 Å². The molecule has 0 aliphatic rings. The second-order valence-electron chi connectivity index (χ2n) is 5.16. The zero-order chi connectivity index (χ0) is 16.0. The molecular formula is C15H24N2O2S2. The van der Waals surface area contributed by atoms with Gasteiger partial charge in [-0.3, -0.25) is 0 Å². The Bertz CT molecular complexity index is 581. The van der Waals surface area contributed by atoms with Gasteiger partial charge in [-0.15, -0.1) is 0 Å². The summed E-state index contributed by atoms with van der Waals surface area (Å²) in [5.41, 5.74) is 6.14.